The van der Waals surface area contributed by atoms with E-state index in [1.54, 1.807) is 19.1 Å². The van der Waals surface area contributed by atoms with Crippen molar-refractivity contribution in [2.45, 2.75) is 130 Å². The molecule has 3 aliphatic heterocycles. The molecule has 0 aromatic heterocycles. The van der Waals surface area contributed by atoms with Crippen molar-refractivity contribution in [3.8, 4) is 17.2 Å². The van der Waals surface area contributed by atoms with Gasteiger partial charge in [0.05, 0.1) is 17.8 Å². The normalized spacial score (nSPS) is 28.4. The Morgan fingerprint density at radius 3 is 2.37 bits per heavy atom. The molecular weight excluding hydrogens is 682 g/mol. The van der Waals surface area contributed by atoms with Crippen molar-refractivity contribution in [2.75, 3.05) is 26.2 Å². The lowest BCUT2D eigenvalue weighted by Crippen LogP contribution is -2.72. The number of hydrogen-bond acceptors (Lipinski definition) is 9. The van der Waals surface area contributed by atoms with Crippen molar-refractivity contribution >= 4 is 23.6 Å². The number of carbonyl (C=O) groups excluding carboxylic acids is 3. The topological polar surface area (TPSA) is 112 Å². The molecule has 7 rings (SSSR count). The third-order valence-corrected chi connectivity index (χ3v) is 12.2. The molecule has 5 unspecified atom stereocenters. The lowest BCUT2D eigenvalue weighted by atomic mass is 9.51. The van der Waals surface area contributed by atoms with E-state index in [0.29, 0.717) is 47.3 Å². The van der Waals surface area contributed by atoms with Crippen LogP contribution < -0.4 is 9.47 Å². The highest BCUT2D eigenvalue weighted by atomic mass is 16.6. The summed E-state index contributed by atoms with van der Waals surface area (Å²) in [5.74, 6) is -1.43. The molecule has 5 atom stereocenters. The van der Waals surface area contributed by atoms with Gasteiger partial charge >= 0.3 is 5.97 Å². The second kappa shape index (κ2) is 14.6. The zero-order chi connectivity index (χ0) is 39.4. The fraction of sp³-hybridized carbons (Fsp3) is 0.578. The average molecular weight is 742 g/mol. The molecule has 0 amide bonds. The number of benzene rings is 1. The summed E-state index contributed by atoms with van der Waals surface area (Å²) in [5.41, 5.74) is -0.452. The summed E-state index contributed by atoms with van der Waals surface area (Å²) >= 11 is 0. The highest BCUT2D eigenvalue weighted by molar-refractivity contribution is 6.19. The number of phenolic OH excluding ortho intramolecular Hbond substituents is 1. The predicted octanol–water partition coefficient (Wildman–Crippen LogP) is 8.43. The molecule has 0 radical (unpaired) electrons. The Balaban J connectivity index is 1.43. The highest BCUT2D eigenvalue weighted by Gasteiger charge is 2.81. The van der Waals surface area contributed by atoms with Crippen molar-refractivity contribution in [2.24, 2.45) is 11.8 Å². The van der Waals surface area contributed by atoms with E-state index in [1.165, 1.54) is 5.57 Å². The van der Waals surface area contributed by atoms with Crippen LogP contribution >= 0.6 is 0 Å². The number of Topliss-reactive ketones (excluding diaryl/α,β-unsaturated/α-hetero) is 2. The van der Waals surface area contributed by atoms with Gasteiger partial charge in [0, 0.05) is 41.5 Å². The van der Waals surface area contributed by atoms with Gasteiger partial charge < -0.3 is 29.0 Å². The van der Waals surface area contributed by atoms with Gasteiger partial charge in [-0.05, 0) is 113 Å². The van der Waals surface area contributed by atoms with Crippen LogP contribution in [0.25, 0.3) is 6.08 Å². The molecule has 292 valence electrons. The van der Waals surface area contributed by atoms with Gasteiger partial charge in [-0.3, -0.25) is 9.59 Å². The van der Waals surface area contributed by atoms with E-state index in [2.05, 4.69) is 44.7 Å². The molecule has 1 aromatic rings. The maximum atomic E-state index is 15.0. The molecule has 9 heteroatoms. The Morgan fingerprint density at radius 2 is 1.70 bits per heavy atom. The van der Waals surface area contributed by atoms with Crippen LogP contribution in [-0.2, 0) is 25.5 Å². The van der Waals surface area contributed by atoms with E-state index in [-0.39, 0.29) is 47.6 Å². The number of esters is 1. The van der Waals surface area contributed by atoms with E-state index in [4.69, 9.17) is 18.9 Å². The van der Waals surface area contributed by atoms with Gasteiger partial charge in [-0.2, -0.15) is 0 Å². The average Bonchev–Trinajstić information content (AvgIpc) is 3.26. The molecule has 54 heavy (non-hydrogen) atoms. The van der Waals surface area contributed by atoms with E-state index in [9.17, 15) is 19.5 Å². The van der Waals surface area contributed by atoms with Gasteiger partial charge in [0.2, 0.25) is 0 Å². The Morgan fingerprint density at radius 1 is 1.00 bits per heavy atom. The molecule has 4 bridgehead atoms. The van der Waals surface area contributed by atoms with Gasteiger partial charge in [-0.15, -0.1) is 0 Å². The molecular formula is C45H59NO8. The van der Waals surface area contributed by atoms with E-state index in [1.807, 2.05) is 46.8 Å². The number of aromatic hydroxyl groups is 1. The highest BCUT2D eigenvalue weighted by Crippen LogP contribution is 2.68. The maximum Gasteiger partial charge on any atom is 0.333 e. The summed E-state index contributed by atoms with van der Waals surface area (Å²) in [5, 5.41) is 11.9. The lowest BCUT2D eigenvalue weighted by Gasteiger charge is -2.56. The zero-order valence-electron chi connectivity index (χ0n) is 33.9. The fourth-order valence-electron chi connectivity index (χ4n) is 9.27. The first-order chi connectivity index (χ1) is 25.4. The first kappa shape index (κ1) is 39.7. The Kier molecular flexibility index (Phi) is 10.7. The third kappa shape index (κ3) is 6.49. The standard InChI is InChI=1S/C45H59NO8/c1-11-46(12-2)23-14-24-51-41(50)29(7)18-22-44-40(49)30-25-33-37(48)35-36(47)31-19-21-43(10,20-13-15-27(3)4)52-38(31)32(17-16-28(5)6)39(35)53-45(33,44)34(26-30)42(8,9)54-44/h15-16,18-19,21,25,30,34,47H,11-14,17,20,22-24,26H2,1-10H3/b29-18-. The van der Waals surface area contributed by atoms with Gasteiger partial charge in [0.15, 0.2) is 22.8 Å². The van der Waals surface area contributed by atoms with E-state index < -0.39 is 34.3 Å². The first-order valence-electron chi connectivity index (χ1n) is 19.8. The quantitative estimate of drug-likeness (QED) is 0.0870. The second-order valence-corrected chi connectivity index (χ2v) is 17.0. The van der Waals surface area contributed by atoms with Crippen molar-refractivity contribution in [1.82, 2.24) is 4.90 Å². The van der Waals surface area contributed by atoms with Crippen LogP contribution in [0.15, 0.2) is 52.7 Å². The fourth-order valence-corrected chi connectivity index (χ4v) is 9.27. The van der Waals surface area contributed by atoms with Crippen LogP contribution in [0.1, 0.15) is 123 Å². The van der Waals surface area contributed by atoms with Crippen molar-refractivity contribution < 1.29 is 38.4 Å². The van der Waals surface area contributed by atoms with Crippen LogP contribution in [0.4, 0.5) is 0 Å². The molecule has 1 aromatic carbocycles. The Labute approximate surface area is 321 Å². The molecule has 1 N–H and O–H groups in total. The van der Waals surface area contributed by atoms with Crippen LogP contribution in [0.5, 0.6) is 17.2 Å². The number of carbonyl (C=O) groups is 3. The minimum atomic E-state index is -1.59. The second-order valence-electron chi connectivity index (χ2n) is 17.0. The Hall–Kier alpha value is -3.95. The predicted molar refractivity (Wildman–Crippen MR) is 210 cm³/mol. The molecule has 6 aliphatic rings. The SMILES string of the molecule is CCN(CC)CCCOC(=O)/C(C)=C\CC12OC(C)(C)C3CC(C=C4C(=O)c5c(O)c6c(c(CC=C(C)C)c5OC431)OC(C)(CCC=C(C)C)C=C6)C2=O. The number of ether oxygens (including phenoxy) is 4. The van der Waals surface area contributed by atoms with Crippen LogP contribution in [0, 0.1) is 11.8 Å². The van der Waals surface area contributed by atoms with Gasteiger partial charge in [0.1, 0.15) is 28.4 Å². The third-order valence-electron chi connectivity index (χ3n) is 12.2. The summed E-state index contributed by atoms with van der Waals surface area (Å²) in [6.07, 6.45) is 14.6. The summed E-state index contributed by atoms with van der Waals surface area (Å²) in [6, 6.07) is 0. The zero-order valence-corrected chi connectivity index (χ0v) is 33.9. The minimum absolute atomic E-state index is 0.0183. The number of nitrogens with zero attached hydrogens (tertiary/aromatic N) is 1. The largest absolute Gasteiger partial charge is 0.506 e. The molecule has 3 heterocycles. The monoisotopic (exact) mass is 741 g/mol. The van der Waals surface area contributed by atoms with Crippen molar-refractivity contribution in [3.05, 3.63) is 69.4 Å². The number of hydrogen-bond donors (Lipinski definition) is 1. The van der Waals surface area contributed by atoms with E-state index >= 15 is 0 Å². The number of allylic oxidation sites excluding steroid dienone is 5. The van der Waals surface area contributed by atoms with Crippen LogP contribution in [0.3, 0.4) is 0 Å². The summed E-state index contributed by atoms with van der Waals surface area (Å²) in [6.45, 7) is 23.0. The van der Waals surface area contributed by atoms with E-state index in [0.717, 1.165) is 38.0 Å². The van der Waals surface area contributed by atoms with Crippen LogP contribution in [0.2, 0.25) is 0 Å². The van der Waals surface area contributed by atoms with Gasteiger partial charge in [0.25, 0.3) is 0 Å². The number of ketones is 2. The maximum absolute atomic E-state index is 15.0. The number of fused-ring (bicyclic) bond motifs is 2. The summed E-state index contributed by atoms with van der Waals surface area (Å²) in [4.78, 5) is 45.1. The van der Waals surface area contributed by atoms with Gasteiger partial charge in [-0.1, -0.05) is 49.3 Å². The molecule has 3 aliphatic carbocycles. The minimum Gasteiger partial charge on any atom is -0.506 e. The van der Waals surface area contributed by atoms with Crippen LogP contribution in [-0.4, -0.2) is 76.2 Å². The first-order valence-corrected chi connectivity index (χ1v) is 19.8. The molecule has 2 fully saturated rings. The molecule has 1 saturated heterocycles. The molecule has 1 saturated carbocycles. The summed E-state index contributed by atoms with van der Waals surface area (Å²) < 4.78 is 26.6. The van der Waals surface area contributed by atoms with Crippen molar-refractivity contribution in [3.63, 3.8) is 0 Å². The smallest absolute Gasteiger partial charge is 0.333 e. The number of phenols is 1. The number of rotatable bonds is 14. The molecule has 9 nitrogen and oxygen atoms in total. The lowest BCUT2D eigenvalue weighted by molar-refractivity contribution is -0.171. The molecule has 1 spiro atoms. The summed E-state index contributed by atoms with van der Waals surface area (Å²) in [7, 11) is 0. The van der Waals surface area contributed by atoms with Gasteiger partial charge in [-0.25, -0.2) is 4.79 Å². The van der Waals surface area contributed by atoms with Crippen molar-refractivity contribution in [1.29, 1.82) is 0 Å². The Bertz CT molecular complexity index is 1880.